The number of amides is 2. The number of rotatable bonds is 5. The van der Waals surface area contributed by atoms with Crippen molar-refractivity contribution in [2.24, 2.45) is 0 Å². The summed E-state index contributed by atoms with van der Waals surface area (Å²) in [5.74, 6) is -0.136. The summed E-state index contributed by atoms with van der Waals surface area (Å²) in [6, 6.07) is 8.85. The van der Waals surface area contributed by atoms with Crippen molar-refractivity contribution in [3.8, 4) is 0 Å². The average Bonchev–Trinajstić information content (AvgIpc) is 3.32. The molecule has 3 atom stereocenters. The van der Waals surface area contributed by atoms with Crippen LogP contribution >= 0.6 is 23.1 Å². The zero-order chi connectivity index (χ0) is 18.1. The van der Waals surface area contributed by atoms with Gasteiger partial charge in [-0.1, -0.05) is 23.1 Å². The lowest BCUT2D eigenvalue weighted by Gasteiger charge is -2.21. The third kappa shape index (κ3) is 3.92. The molecule has 26 heavy (non-hydrogen) atoms. The van der Waals surface area contributed by atoms with Crippen molar-refractivity contribution in [3.63, 3.8) is 0 Å². The molecule has 2 fully saturated rings. The summed E-state index contributed by atoms with van der Waals surface area (Å²) in [5, 5.41) is 9.97. The Morgan fingerprint density at radius 1 is 1.27 bits per heavy atom. The van der Waals surface area contributed by atoms with Gasteiger partial charge in [-0.3, -0.25) is 9.59 Å². The maximum Gasteiger partial charge on any atom is 0.251 e. The van der Waals surface area contributed by atoms with Gasteiger partial charge in [0.25, 0.3) is 5.91 Å². The fraction of sp³-hybridized carbons (Fsp3) is 0.389. The molecule has 2 saturated heterocycles. The molecule has 136 valence electrons. The number of fused-ring (bicyclic) bond motifs is 2. The van der Waals surface area contributed by atoms with Gasteiger partial charge in [0.2, 0.25) is 5.91 Å². The van der Waals surface area contributed by atoms with Crippen LogP contribution in [0.2, 0.25) is 0 Å². The normalized spacial score (nSPS) is 23.8. The molecule has 0 saturated carbocycles. The van der Waals surface area contributed by atoms with Gasteiger partial charge in [-0.25, -0.2) is 4.98 Å². The molecule has 8 heteroatoms. The standard InChI is InChI=1S/C18H20N4O2S2/c1-10(23)20-18-19-9-16(26-18)25-13-5-2-11(3-6-13)17(24)22-15-8-12-4-7-14(15)21-12/h2-3,5-6,9,12,14-15,21H,4,7-8H2,1H3,(H,22,24)(H,19,20,23)/t12-,14+,15-/m1/s1. The third-order valence-corrected chi connectivity index (χ3v) is 6.74. The Labute approximate surface area is 160 Å². The molecule has 0 unspecified atom stereocenters. The van der Waals surface area contributed by atoms with Crippen molar-refractivity contribution in [2.75, 3.05) is 5.32 Å². The van der Waals surface area contributed by atoms with Gasteiger partial charge >= 0.3 is 0 Å². The van der Waals surface area contributed by atoms with Gasteiger partial charge in [0.15, 0.2) is 5.13 Å². The minimum absolute atomic E-state index is 0.00775. The quantitative estimate of drug-likeness (QED) is 0.734. The van der Waals surface area contributed by atoms with Crippen LogP contribution in [-0.4, -0.2) is 34.9 Å². The second-order valence-corrected chi connectivity index (χ2v) is 9.06. The molecular weight excluding hydrogens is 368 g/mol. The van der Waals surface area contributed by atoms with Crippen LogP contribution in [-0.2, 0) is 4.79 Å². The van der Waals surface area contributed by atoms with E-state index in [2.05, 4.69) is 20.9 Å². The van der Waals surface area contributed by atoms with Gasteiger partial charge in [0, 0.05) is 35.5 Å². The first-order chi connectivity index (χ1) is 12.6. The van der Waals surface area contributed by atoms with E-state index in [1.165, 1.54) is 24.7 Å². The first-order valence-electron chi connectivity index (χ1n) is 8.65. The third-order valence-electron chi connectivity index (χ3n) is 4.72. The van der Waals surface area contributed by atoms with E-state index >= 15 is 0 Å². The summed E-state index contributed by atoms with van der Waals surface area (Å²) >= 11 is 2.99. The zero-order valence-corrected chi connectivity index (χ0v) is 16.0. The highest BCUT2D eigenvalue weighted by molar-refractivity contribution is 8.01. The summed E-state index contributed by atoms with van der Waals surface area (Å²) in [5.41, 5.74) is 0.681. The van der Waals surface area contributed by atoms with Gasteiger partial charge < -0.3 is 16.0 Å². The van der Waals surface area contributed by atoms with Gasteiger partial charge in [0.1, 0.15) is 0 Å². The summed E-state index contributed by atoms with van der Waals surface area (Å²) < 4.78 is 0.985. The molecule has 4 rings (SSSR count). The van der Waals surface area contributed by atoms with Crippen LogP contribution in [0, 0.1) is 0 Å². The maximum atomic E-state index is 12.5. The van der Waals surface area contributed by atoms with Crippen molar-refractivity contribution in [2.45, 2.75) is 53.4 Å². The number of carbonyl (C=O) groups is 2. The maximum absolute atomic E-state index is 12.5. The number of nitrogens with one attached hydrogen (secondary N) is 3. The SMILES string of the molecule is CC(=O)Nc1ncc(Sc2ccc(C(=O)N[C@@H]3C[C@H]4CC[C@@H]3N4)cc2)s1. The molecule has 2 aliphatic heterocycles. The van der Waals surface area contributed by atoms with Crippen LogP contribution < -0.4 is 16.0 Å². The Morgan fingerprint density at radius 3 is 2.73 bits per heavy atom. The van der Waals surface area contributed by atoms with E-state index in [-0.39, 0.29) is 17.9 Å². The van der Waals surface area contributed by atoms with Crippen LogP contribution in [0.1, 0.15) is 36.5 Å². The Bertz CT molecular complexity index is 821. The first kappa shape index (κ1) is 17.5. The van der Waals surface area contributed by atoms with Crippen LogP contribution in [0.15, 0.2) is 39.6 Å². The monoisotopic (exact) mass is 388 g/mol. The number of nitrogens with zero attached hydrogens (tertiary/aromatic N) is 1. The predicted molar refractivity (Wildman–Crippen MR) is 103 cm³/mol. The molecule has 1 aromatic carbocycles. The van der Waals surface area contributed by atoms with E-state index in [4.69, 9.17) is 0 Å². The second kappa shape index (κ2) is 7.38. The van der Waals surface area contributed by atoms with Crippen molar-refractivity contribution in [3.05, 3.63) is 36.0 Å². The van der Waals surface area contributed by atoms with Gasteiger partial charge in [-0.15, -0.1) is 0 Å². The molecule has 0 spiro atoms. The zero-order valence-electron chi connectivity index (χ0n) is 14.3. The predicted octanol–water partition coefficient (Wildman–Crippen LogP) is 2.88. The number of hydrogen-bond acceptors (Lipinski definition) is 6. The molecule has 2 aromatic rings. The molecule has 2 amide bonds. The Hall–Kier alpha value is -1.90. The molecule has 2 aliphatic rings. The fourth-order valence-corrected chi connectivity index (χ4v) is 5.44. The number of carbonyl (C=O) groups excluding carboxylic acids is 2. The smallest absolute Gasteiger partial charge is 0.251 e. The molecule has 3 heterocycles. The van der Waals surface area contributed by atoms with Crippen LogP contribution in [0.4, 0.5) is 5.13 Å². The van der Waals surface area contributed by atoms with Crippen molar-refractivity contribution >= 4 is 40.0 Å². The van der Waals surface area contributed by atoms with Crippen molar-refractivity contribution < 1.29 is 9.59 Å². The molecule has 2 bridgehead atoms. The van der Waals surface area contributed by atoms with E-state index in [9.17, 15) is 9.59 Å². The molecule has 6 nitrogen and oxygen atoms in total. The molecule has 0 aliphatic carbocycles. The number of hydrogen-bond donors (Lipinski definition) is 3. The topological polar surface area (TPSA) is 83.1 Å². The second-order valence-electron chi connectivity index (χ2n) is 6.66. The highest BCUT2D eigenvalue weighted by atomic mass is 32.2. The van der Waals surface area contributed by atoms with E-state index in [0.717, 1.165) is 21.9 Å². The van der Waals surface area contributed by atoms with E-state index in [1.807, 2.05) is 24.3 Å². The number of benzene rings is 1. The van der Waals surface area contributed by atoms with Crippen LogP contribution in [0.3, 0.4) is 0 Å². The van der Waals surface area contributed by atoms with Crippen molar-refractivity contribution in [1.82, 2.24) is 15.6 Å². The molecule has 3 N–H and O–H groups in total. The minimum Gasteiger partial charge on any atom is -0.348 e. The van der Waals surface area contributed by atoms with Crippen LogP contribution in [0.5, 0.6) is 0 Å². The lowest BCUT2D eigenvalue weighted by molar-refractivity contribution is -0.114. The minimum atomic E-state index is -0.128. The lowest BCUT2D eigenvalue weighted by atomic mass is 9.95. The Kier molecular flexibility index (Phi) is 4.97. The lowest BCUT2D eigenvalue weighted by Crippen LogP contribution is -2.42. The van der Waals surface area contributed by atoms with Crippen molar-refractivity contribution in [1.29, 1.82) is 0 Å². The number of thiazole rings is 1. The van der Waals surface area contributed by atoms with E-state index < -0.39 is 0 Å². The average molecular weight is 389 g/mol. The molecule has 1 aromatic heterocycles. The number of anilines is 1. The fourth-order valence-electron chi connectivity index (χ4n) is 3.54. The summed E-state index contributed by atoms with van der Waals surface area (Å²) in [4.78, 5) is 28.7. The highest BCUT2D eigenvalue weighted by Crippen LogP contribution is 2.34. The summed E-state index contributed by atoms with van der Waals surface area (Å²) in [7, 11) is 0. The first-order valence-corrected chi connectivity index (χ1v) is 10.3. The van der Waals surface area contributed by atoms with Gasteiger partial charge in [-0.05, 0) is 43.5 Å². The number of aromatic nitrogens is 1. The summed E-state index contributed by atoms with van der Waals surface area (Å²) in [6.45, 7) is 1.46. The van der Waals surface area contributed by atoms with Gasteiger partial charge in [-0.2, -0.15) is 0 Å². The molecular formula is C18H20N4O2S2. The van der Waals surface area contributed by atoms with Gasteiger partial charge in [0.05, 0.1) is 10.4 Å². The molecule has 0 radical (unpaired) electrons. The largest absolute Gasteiger partial charge is 0.348 e. The summed E-state index contributed by atoms with van der Waals surface area (Å²) in [6.07, 6.45) is 5.15. The highest BCUT2D eigenvalue weighted by Gasteiger charge is 2.39. The van der Waals surface area contributed by atoms with Crippen LogP contribution in [0.25, 0.3) is 0 Å². The Morgan fingerprint density at radius 2 is 2.08 bits per heavy atom. The van der Waals surface area contributed by atoms with E-state index in [0.29, 0.717) is 22.8 Å². The Balaban J connectivity index is 1.35. The van der Waals surface area contributed by atoms with E-state index in [1.54, 1.807) is 18.0 Å².